The van der Waals surface area contributed by atoms with Crippen LogP contribution in [0.3, 0.4) is 0 Å². The number of fused-ring (bicyclic) bond motifs is 1. The number of quaternary nitrogens is 1. The lowest BCUT2D eigenvalue weighted by atomic mass is 10.1. The number of Topliss-reactive ketones (excluding diaryl/α,β-unsaturated/α-hetero) is 1. The number of likely N-dealkylation sites (N-methyl/N-ethyl adjacent to an activating group) is 1. The van der Waals surface area contributed by atoms with Crippen molar-refractivity contribution in [1.29, 1.82) is 0 Å². The fraction of sp³-hybridized carbons (Fsp3) is 0.263. The van der Waals surface area contributed by atoms with E-state index < -0.39 is 0 Å². The van der Waals surface area contributed by atoms with Crippen LogP contribution in [-0.2, 0) is 11.3 Å². The molecule has 6 nitrogen and oxygen atoms in total. The normalized spacial score (nSPS) is 13.3. The third-order valence-corrected chi connectivity index (χ3v) is 5.01. The van der Waals surface area contributed by atoms with Gasteiger partial charge in [0.25, 0.3) is 5.91 Å². The summed E-state index contributed by atoms with van der Waals surface area (Å²) in [5.41, 5.74) is 1.65. The van der Waals surface area contributed by atoms with Crippen molar-refractivity contribution >= 4 is 40.6 Å². The Kier molecular flexibility index (Phi) is 5.89. The average molecular weight is 410 g/mol. The van der Waals surface area contributed by atoms with Crippen molar-refractivity contribution in [2.75, 3.05) is 25.7 Å². The van der Waals surface area contributed by atoms with E-state index >= 15 is 0 Å². The quantitative estimate of drug-likeness (QED) is 0.719. The van der Waals surface area contributed by atoms with Crippen LogP contribution < -0.4 is 19.7 Å². The molecule has 0 saturated carbocycles. The Hall–Kier alpha value is -2.28. The zero-order valence-electron chi connectivity index (χ0n) is 14.9. The molecule has 8 heteroatoms. The smallest absolute Gasteiger partial charge is 0.279 e. The highest BCUT2D eigenvalue weighted by Crippen LogP contribution is 2.37. The maximum atomic E-state index is 12.5. The number of carbonyl (C=O) groups is 2. The van der Waals surface area contributed by atoms with E-state index in [1.165, 1.54) is 6.92 Å². The SMILES string of the molecule is CC(=O)c1cc2c(cc1NC(=O)C[NH+](C)Cc1cccc(Cl)c1Cl)OCO2. The van der Waals surface area contributed by atoms with Crippen LogP contribution >= 0.6 is 23.2 Å². The summed E-state index contributed by atoms with van der Waals surface area (Å²) in [6.07, 6.45) is 0. The molecular formula is C19H19Cl2N2O4+. The number of halogens is 2. The summed E-state index contributed by atoms with van der Waals surface area (Å²) >= 11 is 12.2. The molecule has 3 rings (SSSR count). The molecule has 0 bridgehead atoms. The Balaban J connectivity index is 1.69. The topological polar surface area (TPSA) is 69.1 Å². The van der Waals surface area contributed by atoms with Crippen molar-refractivity contribution < 1.29 is 24.0 Å². The van der Waals surface area contributed by atoms with Gasteiger partial charge in [-0.15, -0.1) is 0 Å². The first-order chi connectivity index (χ1) is 12.8. The van der Waals surface area contributed by atoms with Gasteiger partial charge in [-0.25, -0.2) is 0 Å². The van der Waals surface area contributed by atoms with Crippen LogP contribution in [0.1, 0.15) is 22.8 Å². The summed E-state index contributed by atoms with van der Waals surface area (Å²) in [4.78, 5) is 25.3. The van der Waals surface area contributed by atoms with E-state index in [1.54, 1.807) is 18.2 Å². The lowest BCUT2D eigenvalue weighted by Crippen LogP contribution is -3.08. The van der Waals surface area contributed by atoms with Gasteiger partial charge in [-0.05, 0) is 19.1 Å². The van der Waals surface area contributed by atoms with E-state index in [1.807, 2.05) is 19.2 Å². The van der Waals surface area contributed by atoms with Crippen molar-refractivity contribution in [1.82, 2.24) is 0 Å². The molecule has 1 aliphatic rings. The predicted octanol–water partition coefficient (Wildman–Crippen LogP) is 2.58. The number of ether oxygens (including phenoxy) is 2. The lowest BCUT2D eigenvalue weighted by molar-refractivity contribution is -0.885. The van der Waals surface area contributed by atoms with E-state index in [2.05, 4.69) is 5.32 Å². The van der Waals surface area contributed by atoms with Crippen molar-refractivity contribution in [3.05, 3.63) is 51.5 Å². The highest BCUT2D eigenvalue weighted by atomic mass is 35.5. The molecule has 0 saturated heterocycles. The van der Waals surface area contributed by atoms with Gasteiger partial charge in [0.2, 0.25) is 6.79 Å². The van der Waals surface area contributed by atoms with Crippen molar-refractivity contribution in [2.24, 2.45) is 0 Å². The van der Waals surface area contributed by atoms with Crippen LogP contribution in [0.25, 0.3) is 0 Å². The second-order valence-corrected chi connectivity index (χ2v) is 7.16. The van der Waals surface area contributed by atoms with Gasteiger partial charge in [-0.1, -0.05) is 35.3 Å². The second-order valence-electron chi connectivity index (χ2n) is 6.38. The van der Waals surface area contributed by atoms with Crippen LogP contribution in [0.2, 0.25) is 10.0 Å². The third-order valence-electron chi connectivity index (χ3n) is 4.15. The molecule has 27 heavy (non-hydrogen) atoms. The first-order valence-corrected chi connectivity index (χ1v) is 9.09. The molecule has 0 fully saturated rings. The standard InChI is InChI=1S/C19H18Cl2N2O4/c1-11(24)13-6-16-17(27-10-26-16)7-15(13)22-18(25)9-23(2)8-12-4-3-5-14(20)19(12)21/h3-7H,8-10H2,1-2H3,(H,22,25)/p+1. The number of benzene rings is 2. The first kappa shape index (κ1) is 19.5. The van der Waals surface area contributed by atoms with Crippen molar-refractivity contribution in [3.8, 4) is 11.5 Å². The van der Waals surface area contributed by atoms with Gasteiger partial charge < -0.3 is 19.7 Å². The number of amides is 1. The molecule has 2 N–H and O–H groups in total. The van der Waals surface area contributed by atoms with Gasteiger partial charge in [0.05, 0.1) is 22.8 Å². The number of rotatable bonds is 6. The molecular weight excluding hydrogens is 391 g/mol. The van der Waals surface area contributed by atoms with E-state index in [4.69, 9.17) is 32.7 Å². The molecule has 0 aliphatic carbocycles. The molecule has 1 aliphatic heterocycles. The number of anilines is 1. The lowest BCUT2D eigenvalue weighted by Gasteiger charge is -2.16. The fourth-order valence-corrected chi connectivity index (χ4v) is 3.26. The van der Waals surface area contributed by atoms with E-state index in [0.717, 1.165) is 10.5 Å². The molecule has 0 radical (unpaired) electrons. The minimum absolute atomic E-state index is 0.0946. The average Bonchev–Trinajstić information content (AvgIpc) is 3.05. The van der Waals surface area contributed by atoms with Crippen LogP contribution in [0, 0.1) is 0 Å². The molecule has 1 unspecified atom stereocenters. The van der Waals surface area contributed by atoms with Gasteiger partial charge in [-0.3, -0.25) is 9.59 Å². The Labute approximate surface area is 167 Å². The fourth-order valence-electron chi connectivity index (χ4n) is 2.88. The summed E-state index contributed by atoms with van der Waals surface area (Å²) in [6.45, 7) is 2.26. The first-order valence-electron chi connectivity index (χ1n) is 8.33. The Morgan fingerprint density at radius 3 is 2.59 bits per heavy atom. The summed E-state index contributed by atoms with van der Waals surface area (Å²) in [5, 5.41) is 3.77. The minimum atomic E-state index is -0.230. The van der Waals surface area contributed by atoms with Crippen molar-refractivity contribution in [3.63, 3.8) is 0 Å². The molecule has 1 atom stereocenters. The summed E-state index contributed by atoms with van der Waals surface area (Å²) in [5.74, 6) is 0.597. The molecule has 2 aromatic carbocycles. The summed E-state index contributed by atoms with van der Waals surface area (Å²) < 4.78 is 10.6. The largest absolute Gasteiger partial charge is 0.454 e. The number of nitrogens with one attached hydrogen (secondary N) is 2. The summed E-state index contributed by atoms with van der Waals surface area (Å²) in [7, 11) is 1.88. The third kappa shape index (κ3) is 4.53. The Morgan fingerprint density at radius 2 is 1.89 bits per heavy atom. The zero-order valence-corrected chi connectivity index (χ0v) is 16.4. The van der Waals surface area contributed by atoms with E-state index in [-0.39, 0.29) is 25.0 Å². The summed E-state index contributed by atoms with van der Waals surface area (Å²) in [6, 6.07) is 8.62. The highest BCUT2D eigenvalue weighted by molar-refractivity contribution is 6.42. The number of carbonyl (C=O) groups excluding carboxylic acids is 2. The van der Waals surface area contributed by atoms with Gasteiger partial charge in [-0.2, -0.15) is 0 Å². The zero-order chi connectivity index (χ0) is 19.6. The molecule has 2 aromatic rings. The minimum Gasteiger partial charge on any atom is -0.454 e. The van der Waals surface area contributed by atoms with Crippen LogP contribution in [0.15, 0.2) is 30.3 Å². The van der Waals surface area contributed by atoms with Gasteiger partial charge in [0, 0.05) is 17.2 Å². The monoisotopic (exact) mass is 409 g/mol. The van der Waals surface area contributed by atoms with Gasteiger partial charge in [0.15, 0.2) is 23.8 Å². The molecule has 0 aromatic heterocycles. The molecule has 1 heterocycles. The maximum absolute atomic E-state index is 12.5. The second kappa shape index (κ2) is 8.17. The number of hydrogen-bond acceptors (Lipinski definition) is 4. The van der Waals surface area contributed by atoms with E-state index in [0.29, 0.717) is 39.3 Å². The highest BCUT2D eigenvalue weighted by Gasteiger charge is 2.21. The maximum Gasteiger partial charge on any atom is 0.279 e. The van der Waals surface area contributed by atoms with E-state index in [9.17, 15) is 9.59 Å². The molecule has 0 spiro atoms. The number of hydrogen-bond donors (Lipinski definition) is 2. The molecule has 1 amide bonds. The predicted molar refractivity (Wildman–Crippen MR) is 103 cm³/mol. The van der Waals surface area contributed by atoms with Crippen LogP contribution in [0.4, 0.5) is 5.69 Å². The van der Waals surface area contributed by atoms with Crippen LogP contribution in [-0.4, -0.2) is 32.1 Å². The van der Waals surface area contributed by atoms with Crippen LogP contribution in [0.5, 0.6) is 11.5 Å². The Morgan fingerprint density at radius 1 is 1.19 bits per heavy atom. The molecule has 142 valence electrons. The van der Waals surface area contributed by atoms with Gasteiger partial charge >= 0.3 is 0 Å². The van der Waals surface area contributed by atoms with Crippen molar-refractivity contribution in [2.45, 2.75) is 13.5 Å². The van der Waals surface area contributed by atoms with Gasteiger partial charge in [0.1, 0.15) is 6.54 Å². The Bertz CT molecular complexity index is 902. The number of ketones is 1.